The molecule has 0 aliphatic carbocycles. The van der Waals surface area contributed by atoms with Gasteiger partial charge in [-0.05, 0) is 46.9 Å². The highest BCUT2D eigenvalue weighted by molar-refractivity contribution is 5.41. The second-order valence-corrected chi connectivity index (χ2v) is 6.81. The monoisotopic (exact) mass is 293 g/mol. The Labute approximate surface area is 127 Å². The maximum Gasteiger partial charge on any atom is 0.138 e. The van der Waals surface area contributed by atoms with Gasteiger partial charge in [-0.3, -0.25) is 0 Å². The summed E-state index contributed by atoms with van der Waals surface area (Å²) in [6.45, 7) is 11.4. The maximum absolute atomic E-state index is 10.1. The van der Waals surface area contributed by atoms with Crippen LogP contribution in [0, 0.1) is 0 Å². The van der Waals surface area contributed by atoms with Crippen LogP contribution in [0.5, 0.6) is 5.75 Å². The van der Waals surface area contributed by atoms with Gasteiger partial charge in [0, 0.05) is 26.2 Å². The van der Waals surface area contributed by atoms with Gasteiger partial charge in [-0.25, -0.2) is 4.98 Å². The lowest BCUT2D eigenvalue weighted by atomic mass is 9.89. The summed E-state index contributed by atoms with van der Waals surface area (Å²) in [7, 11) is 2.14. The fourth-order valence-electron chi connectivity index (χ4n) is 2.07. The normalized spacial score (nSPS) is 17.9. The molecule has 0 aromatic carbocycles. The molecule has 0 unspecified atom stereocenters. The fourth-order valence-corrected chi connectivity index (χ4v) is 2.07. The third kappa shape index (κ3) is 3.86. The van der Waals surface area contributed by atoms with Crippen LogP contribution in [0.15, 0.2) is 18.3 Å². The van der Waals surface area contributed by atoms with Crippen LogP contribution in [-0.2, 0) is 0 Å². The molecule has 0 amide bonds. The van der Waals surface area contributed by atoms with E-state index in [0.29, 0.717) is 5.75 Å². The summed E-state index contributed by atoms with van der Waals surface area (Å²) in [5.41, 5.74) is -1.60. The highest BCUT2D eigenvalue weighted by atomic mass is 16.5. The van der Waals surface area contributed by atoms with E-state index >= 15 is 0 Å². The highest BCUT2D eigenvalue weighted by Crippen LogP contribution is 2.28. The van der Waals surface area contributed by atoms with Crippen LogP contribution in [0.3, 0.4) is 0 Å². The van der Waals surface area contributed by atoms with E-state index in [1.807, 2.05) is 26.0 Å². The van der Waals surface area contributed by atoms with E-state index in [-0.39, 0.29) is 0 Å². The molecular formula is C16H27N3O2. The van der Waals surface area contributed by atoms with Crippen molar-refractivity contribution in [2.75, 3.05) is 38.1 Å². The zero-order valence-electron chi connectivity index (χ0n) is 13.8. The summed E-state index contributed by atoms with van der Waals surface area (Å²) in [4.78, 5) is 9.10. The summed E-state index contributed by atoms with van der Waals surface area (Å²) in [5.74, 6) is 1.66. The molecule has 1 fully saturated rings. The third-order valence-electron chi connectivity index (χ3n) is 4.39. The molecule has 1 aliphatic rings. The zero-order chi connectivity index (χ0) is 15.7. The zero-order valence-corrected chi connectivity index (χ0v) is 13.8. The molecule has 118 valence electrons. The molecule has 5 nitrogen and oxygen atoms in total. The molecule has 5 heteroatoms. The Morgan fingerprint density at radius 3 is 2.19 bits per heavy atom. The Morgan fingerprint density at radius 2 is 1.71 bits per heavy atom. The lowest BCUT2D eigenvalue weighted by molar-refractivity contribution is -0.0907. The van der Waals surface area contributed by atoms with E-state index in [9.17, 15) is 5.11 Å². The van der Waals surface area contributed by atoms with E-state index in [2.05, 4.69) is 21.8 Å². The lowest BCUT2D eigenvalue weighted by Gasteiger charge is -2.37. The molecule has 1 aromatic rings. The van der Waals surface area contributed by atoms with Crippen LogP contribution in [0.25, 0.3) is 0 Å². The topological polar surface area (TPSA) is 48.8 Å². The van der Waals surface area contributed by atoms with Gasteiger partial charge in [0.25, 0.3) is 0 Å². The first-order valence-corrected chi connectivity index (χ1v) is 7.50. The van der Waals surface area contributed by atoms with Crippen molar-refractivity contribution in [1.82, 2.24) is 9.88 Å². The highest BCUT2D eigenvalue weighted by Gasteiger charge is 2.37. The number of aliphatic hydroxyl groups is 1. The minimum Gasteiger partial charge on any atom is -0.483 e. The molecule has 2 rings (SSSR count). The van der Waals surface area contributed by atoms with E-state index in [1.54, 1.807) is 20.0 Å². The van der Waals surface area contributed by atoms with Crippen molar-refractivity contribution in [2.24, 2.45) is 0 Å². The molecule has 0 bridgehead atoms. The predicted molar refractivity (Wildman–Crippen MR) is 85.0 cm³/mol. The van der Waals surface area contributed by atoms with Crippen LogP contribution in [0.4, 0.5) is 5.82 Å². The Hall–Kier alpha value is -1.33. The number of hydrogen-bond donors (Lipinski definition) is 1. The molecule has 1 saturated heterocycles. The van der Waals surface area contributed by atoms with Crippen LogP contribution < -0.4 is 9.64 Å². The first-order chi connectivity index (χ1) is 9.69. The molecule has 21 heavy (non-hydrogen) atoms. The number of pyridine rings is 1. The number of rotatable bonds is 4. The second kappa shape index (κ2) is 5.81. The van der Waals surface area contributed by atoms with Gasteiger partial charge in [0.05, 0.1) is 11.8 Å². The van der Waals surface area contributed by atoms with Crippen molar-refractivity contribution in [3.05, 3.63) is 18.3 Å². The number of aromatic nitrogens is 1. The van der Waals surface area contributed by atoms with Crippen molar-refractivity contribution < 1.29 is 9.84 Å². The minimum atomic E-state index is -0.927. The smallest absolute Gasteiger partial charge is 0.138 e. The number of likely N-dealkylation sites (N-methyl/N-ethyl adjacent to an activating group) is 1. The van der Waals surface area contributed by atoms with E-state index < -0.39 is 11.2 Å². The average Bonchev–Trinajstić information content (AvgIpc) is 2.39. The van der Waals surface area contributed by atoms with Gasteiger partial charge >= 0.3 is 0 Å². The summed E-state index contributed by atoms with van der Waals surface area (Å²) in [6.07, 6.45) is 1.74. The molecule has 1 aliphatic heterocycles. The largest absolute Gasteiger partial charge is 0.483 e. The number of hydrogen-bond acceptors (Lipinski definition) is 5. The van der Waals surface area contributed by atoms with E-state index in [4.69, 9.17) is 4.74 Å². The average molecular weight is 293 g/mol. The number of piperazine rings is 1. The van der Waals surface area contributed by atoms with Crippen molar-refractivity contribution in [3.63, 3.8) is 0 Å². The molecule has 0 atom stereocenters. The summed E-state index contributed by atoms with van der Waals surface area (Å²) < 4.78 is 5.89. The molecule has 0 spiro atoms. The fraction of sp³-hybridized carbons (Fsp3) is 0.688. The molecule has 0 saturated carbocycles. The predicted octanol–water partition coefficient (Wildman–Crippen LogP) is 1.76. The summed E-state index contributed by atoms with van der Waals surface area (Å²) >= 11 is 0. The Bertz CT molecular complexity index is 457. The van der Waals surface area contributed by atoms with Crippen molar-refractivity contribution in [2.45, 2.75) is 38.9 Å². The van der Waals surface area contributed by atoms with E-state index in [1.165, 1.54) is 0 Å². The van der Waals surface area contributed by atoms with Gasteiger partial charge in [-0.15, -0.1) is 0 Å². The Balaban J connectivity index is 2.02. The van der Waals surface area contributed by atoms with Crippen molar-refractivity contribution >= 4 is 5.82 Å². The van der Waals surface area contributed by atoms with Gasteiger partial charge in [0.1, 0.15) is 17.2 Å². The summed E-state index contributed by atoms with van der Waals surface area (Å²) in [6, 6.07) is 3.91. The number of nitrogens with zero attached hydrogens (tertiary/aromatic N) is 3. The van der Waals surface area contributed by atoms with Gasteiger partial charge in [0.15, 0.2) is 0 Å². The van der Waals surface area contributed by atoms with Gasteiger partial charge in [-0.1, -0.05) is 0 Å². The third-order valence-corrected chi connectivity index (χ3v) is 4.39. The minimum absolute atomic E-state index is 0.677. The number of ether oxygens (including phenoxy) is 1. The second-order valence-electron chi connectivity index (χ2n) is 6.81. The van der Waals surface area contributed by atoms with Gasteiger partial charge in [0.2, 0.25) is 0 Å². The van der Waals surface area contributed by atoms with Crippen molar-refractivity contribution in [3.8, 4) is 5.75 Å². The van der Waals surface area contributed by atoms with E-state index in [0.717, 1.165) is 32.0 Å². The Morgan fingerprint density at radius 1 is 1.10 bits per heavy atom. The maximum atomic E-state index is 10.1. The Kier molecular flexibility index (Phi) is 4.44. The SMILES string of the molecule is CN1CCN(c2ccc(OC(C)(C)C(C)(C)O)cn2)CC1. The first-order valence-electron chi connectivity index (χ1n) is 7.50. The molecular weight excluding hydrogens is 266 g/mol. The molecule has 1 aromatic heterocycles. The molecule has 2 heterocycles. The quantitative estimate of drug-likeness (QED) is 0.917. The lowest BCUT2D eigenvalue weighted by Crippen LogP contribution is -2.49. The van der Waals surface area contributed by atoms with Gasteiger partial charge < -0.3 is 19.6 Å². The molecule has 0 radical (unpaired) electrons. The standard InChI is InChI=1S/C16H27N3O2/c1-15(2,20)16(3,4)21-13-6-7-14(17-12-13)19-10-8-18(5)9-11-19/h6-7,12,20H,8-11H2,1-5H3. The first kappa shape index (κ1) is 16.0. The van der Waals surface area contributed by atoms with Crippen LogP contribution >= 0.6 is 0 Å². The van der Waals surface area contributed by atoms with Crippen LogP contribution in [-0.4, -0.2) is 59.4 Å². The summed E-state index contributed by atoms with van der Waals surface area (Å²) in [5, 5.41) is 10.1. The molecule has 1 N–H and O–H groups in total. The van der Waals surface area contributed by atoms with Crippen LogP contribution in [0.1, 0.15) is 27.7 Å². The van der Waals surface area contributed by atoms with Crippen molar-refractivity contribution in [1.29, 1.82) is 0 Å². The van der Waals surface area contributed by atoms with Crippen LogP contribution in [0.2, 0.25) is 0 Å². The number of anilines is 1. The van der Waals surface area contributed by atoms with Gasteiger partial charge in [-0.2, -0.15) is 0 Å².